The van der Waals surface area contributed by atoms with Crippen molar-refractivity contribution in [2.75, 3.05) is 20.2 Å². The standard InChI is InChI=1S/C15H27NO3/c1-16(10-5-6-14(17)18)13-7-11-19-15(12-13)8-3-2-4-9-15/h13H,2-12H2,1H3,(H,17,18). The molecule has 2 rings (SSSR count). The van der Waals surface area contributed by atoms with E-state index in [9.17, 15) is 4.79 Å². The van der Waals surface area contributed by atoms with Gasteiger partial charge < -0.3 is 14.7 Å². The Labute approximate surface area is 116 Å². The Morgan fingerprint density at radius 3 is 2.79 bits per heavy atom. The fraction of sp³-hybridized carbons (Fsp3) is 0.933. The van der Waals surface area contributed by atoms with Crippen LogP contribution < -0.4 is 0 Å². The Hall–Kier alpha value is -0.610. The van der Waals surface area contributed by atoms with Gasteiger partial charge in [-0.05, 0) is 45.7 Å². The van der Waals surface area contributed by atoms with Crippen molar-refractivity contribution in [3.05, 3.63) is 0 Å². The SMILES string of the molecule is CN(CCCC(=O)O)C1CCOC2(CCCCC2)C1. The van der Waals surface area contributed by atoms with Crippen LogP contribution >= 0.6 is 0 Å². The van der Waals surface area contributed by atoms with Gasteiger partial charge in [-0.25, -0.2) is 0 Å². The molecule has 1 saturated carbocycles. The molecule has 1 aliphatic carbocycles. The molecule has 4 heteroatoms. The van der Waals surface area contributed by atoms with Gasteiger partial charge in [0.1, 0.15) is 0 Å². The molecule has 1 saturated heterocycles. The Morgan fingerprint density at radius 1 is 1.37 bits per heavy atom. The zero-order valence-corrected chi connectivity index (χ0v) is 12.1. The van der Waals surface area contributed by atoms with Crippen molar-refractivity contribution in [3.8, 4) is 0 Å². The molecule has 19 heavy (non-hydrogen) atoms. The molecular formula is C15H27NO3. The molecule has 110 valence electrons. The number of carboxylic acids is 1. The van der Waals surface area contributed by atoms with Crippen LogP contribution in [0.2, 0.25) is 0 Å². The molecule has 1 atom stereocenters. The van der Waals surface area contributed by atoms with Gasteiger partial charge in [0, 0.05) is 19.1 Å². The highest BCUT2D eigenvalue weighted by molar-refractivity contribution is 5.66. The van der Waals surface area contributed by atoms with E-state index in [4.69, 9.17) is 9.84 Å². The first-order valence-corrected chi connectivity index (χ1v) is 7.67. The lowest BCUT2D eigenvalue weighted by molar-refractivity contribution is -0.137. The van der Waals surface area contributed by atoms with E-state index in [2.05, 4.69) is 11.9 Å². The summed E-state index contributed by atoms with van der Waals surface area (Å²) < 4.78 is 6.11. The summed E-state index contributed by atoms with van der Waals surface area (Å²) in [6.45, 7) is 1.75. The smallest absolute Gasteiger partial charge is 0.303 e. The Kier molecular flexibility index (Phi) is 5.22. The monoisotopic (exact) mass is 269 g/mol. The van der Waals surface area contributed by atoms with Crippen LogP contribution in [0, 0.1) is 0 Å². The Morgan fingerprint density at radius 2 is 2.11 bits per heavy atom. The van der Waals surface area contributed by atoms with Crippen LogP contribution in [0.1, 0.15) is 57.8 Å². The van der Waals surface area contributed by atoms with Crippen molar-refractivity contribution in [3.63, 3.8) is 0 Å². The molecule has 0 bridgehead atoms. The highest BCUT2D eigenvalue weighted by Crippen LogP contribution is 2.39. The van der Waals surface area contributed by atoms with Gasteiger partial charge in [-0.3, -0.25) is 4.79 Å². The van der Waals surface area contributed by atoms with Crippen molar-refractivity contribution >= 4 is 5.97 Å². The van der Waals surface area contributed by atoms with Crippen molar-refractivity contribution in [2.45, 2.75) is 69.4 Å². The topological polar surface area (TPSA) is 49.8 Å². The van der Waals surface area contributed by atoms with Crippen LogP contribution in [-0.2, 0) is 9.53 Å². The number of hydrogen-bond donors (Lipinski definition) is 1. The van der Waals surface area contributed by atoms with Crippen LogP contribution in [0.3, 0.4) is 0 Å². The summed E-state index contributed by atoms with van der Waals surface area (Å²) in [5, 5.41) is 8.70. The summed E-state index contributed by atoms with van der Waals surface area (Å²) in [4.78, 5) is 12.9. The molecule has 1 N–H and O–H groups in total. The predicted molar refractivity (Wildman–Crippen MR) is 74.3 cm³/mol. The molecule has 0 radical (unpaired) electrons. The first kappa shape index (κ1) is 14.8. The second-order valence-corrected chi connectivity index (χ2v) is 6.22. The number of hydrogen-bond acceptors (Lipinski definition) is 3. The third-order valence-electron chi connectivity index (χ3n) is 4.76. The molecule has 1 spiro atoms. The molecule has 0 amide bonds. The molecule has 0 aromatic carbocycles. The minimum Gasteiger partial charge on any atom is -0.481 e. The number of ether oxygens (including phenoxy) is 1. The van der Waals surface area contributed by atoms with Gasteiger partial charge >= 0.3 is 5.97 Å². The van der Waals surface area contributed by atoms with Crippen molar-refractivity contribution in [2.24, 2.45) is 0 Å². The van der Waals surface area contributed by atoms with Crippen molar-refractivity contribution in [1.82, 2.24) is 4.90 Å². The zero-order chi connectivity index (χ0) is 13.7. The summed E-state index contributed by atoms with van der Waals surface area (Å²) >= 11 is 0. The van der Waals surface area contributed by atoms with E-state index in [1.807, 2.05) is 0 Å². The van der Waals surface area contributed by atoms with E-state index in [0.29, 0.717) is 6.04 Å². The summed E-state index contributed by atoms with van der Waals surface area (Å²) in [6.07, 6.45) is 9.63. The first-order valence-electron chi connectivity index (χ1n) is 7.67. The molecule has 0 aromatic rings. The highest BCUT2D eigenvalue weighted by Gasteiger charge is 2.39. The lowest BCUT2D eigenvalue weighted by Gasteiger charge is -2.46. The summed E-state index contributed by atoms with van der Waals surface area (Å²) in [5.74, 6) is -0.691. The lowest BCUT2D eigenvalue weighted by Crippen LogP contribution is -2.48. The van der Waals surface area contributed by atoms with Crippen LogP contribution in [0.15, 0.2) is 0 Å². The number of nitrogens with zero attached hydrogens (tertiary/aromatic N) is 1. The number of rotatable bonds is 5. The van der Waals surface area contributed by atoms with Crippen LogP contribution in [0.4, 0.5) is 0 Å². The second kappa shape index (κ2) is 6.71. The van der Waals surface area contributed by atoms with E-state index in [1.54, 1.807) is 0 Å². The van der Waals surface area contributed by atoms with Gasteiger partial charge in [-0.1, -0.05) is 19.3 Å². The molecular weight excluding hydrogens is 242 g/mol. The average Bonchev–Trinajstić information content (AvgIpc) is 2.39. The summed E-state index contributed by atoms with van der Waals surface area (Å²) in [5.41, 5.74) is 0.141. The van der Waals surface area contributed by atoms with Gasteiger partial charge in [-0.15, -0.1) is 0 Å². The van der Waals surface area contributed by atoms with Crippen molar-refractivity contribution < 1.29 is 14.6 Å². The maximum Gasteiger partial charge on any atom is 0.303 e. The summed E-state index contributed by atoms with van der Waals surface area (Å²) in [6, 6.07) is 0.570. The maximum atomic E-state index is 10.6. The third-order valence-corrected chi connectivity index (χ3v) is 4.76. The van der Waals surface area contributed by atoms with E-state index >= 15 is 0 Å². The number of carbonyl (C=O) groups is 1. The molecule has 1 heterocycles. The Balaban J connectivity index is 1.80. The van der Waals surface area contributed by atoms with Gasteiger partial charge in [-0.2, -0.15) is 0 Å². The third kappa shape index (κ3) is 4.18. The minimum atomic E-state index is -0.691. The van der Waals surface area contributed by atoms with Crippen LogP contribution in [0.5, 0.6) is 0 Å². The number of aliphatic carboxylic acids is 1. The highest BCUT2D eigenvalue weighted by atomic mass is 16.5. The molecule has 1 aliphatic heterocycles. The normalized spacial score (nSPS) is 26.7. The zero-order valence-electron chi connectivity index (χ0n) is 12.1. The fourth-order valence-corrected chi connectivity index (χ4v) is 3.58. The van der Waals surface area contributed by atoms with E-state index in [1.165, 1.54) is 32.1 Å². The molecule has 2 fully saturated rings. The van der Waals surface area contributed by atoms with Crippen molar-refractivity contribution in [1.29, 1.82) is 0 Å². The van der Waals surface area contributed by atoms with Crippen LogP contribution in [-0.4, -0.2) is 47.8 Å². The molecule has 4 nitrogen and oxygen atoms in total. The average molecular weight is 269 g/mol. The molecule has 2 aliphatic rings. The maximum absolute atomic E-state index is 10.6. The van der Waals surface area contributed by atoms with E-state index < -0.39 is 5.97 Å². The van der Waals surface area contributed by atoms with Gasteiger partial charge in [0.25, 0.3) is 0 Å². The van der Waals surface area contributed by atoms with E-state index in [0.717, 1.165) is 32.4 Å². The van der Waals surface area contributed by atoms with Gasteiger partial charge in [0.05, 0.1) is 5.60 Å². The fourth-order valence-electron chi connectivity index (χ4n) is 3.58. The number of carboxylic acid groups (broad SMARTS) is 1. The molecule has 0 aromatic heterocycles. The van der Waals surface area contributed by atoms with Gasteiger partial charge in [0.15, 0.2) is 0 Å². The molecule has 1 unspecified atom stereocenters. The van der Waals surface area contributed by atoms with Gasteiger partial charge in [0.2, 0.25) is 0 Å². The minimum absolute atomic E-state index is 0.141. The lowest BCUT2D eigenvalue weighted by atomic mass is 9.78. The quantitative estimate of drug-likeness (QED) is 0.833. The summed E-state index contributed by atoms with van der Waals surface area (Å²) in [7, 11) is 2.13. The van der Waals surface area contributed by atoms with E-state index in [-0.39, 0.29) is 12.0 Å². The largest absolute Gasteiger partial charge is 0.481 e. The first-order chi connectivity index (χ1) is 9.11. The predicted octanol–water partition coefficient (Wildman–Crippen LogP) is 2.66. The second-order valence-electron chi connectivity index (χ2n) is 6.22. The van der Waals surface area contributed by atoms with Crippen LogP contribution in [0.25, 0.3) is 0 Å². The Bertz CT molecular complexity index is 294.